The molecule has 1 saturated heterocycles. The molecule has 3 rings (SSSR count). The van der Waals surface area contributed by atoms with Crippen molar-refractivity contribution in [2.24, 2.45) is 10.7 Å². The molecule has 1 spiro atoms. The van der Waals surface area contributed by atoms with Crippen LogP contribution < -0.4 is 5.73 Å². The molecule has 15 heavy (non-hydrogen) atoms. The summed E-state index contributed by atoms with van der Waals surface area (Å²) in [5.74, 6) is 0.458. The topological polar surface area (TPSA) is 67.9 Å². The number of nitrogens with zero attached hydrogens (tertiary/aromatic N) is 2. The Balaban J connectivity index is 1.95. The normalized spacial score (nSPS) is 36.1. The van der Waals surface area contributed by atoms with E-state index in [9.17, 15) is 4.79 Å². The van der Waals surface area contributed by atoms with Crippen molar-refractivity contribution in [1.82, 2.24) is 4.90 Å². The molecule has 0 radical (unpaired) electrons. The van der Waals surface area contributed by atoms with Crippen molar-refractivity contribution < 1.29 is 9.53 Å². The first-order valence-electron chi connectivity index (χ1n) is 5.50. The second-order valence-corrected chi connectivity index (χ2v) is 4.57. The van der Waals surface area contributed by atoms with Crippen LogP contribution in [0.25, 0.3) is 0 Å². The summed E-state index contributed by atoms with van der Waals surface area (Å²) in [7, 11) is 0. The molecule has 1 saturated carbocycles. The molecule has 2 aliphatic heterocycles. The number of urea groups is 1. The van der Waals surface area contributed by atoms with Gasteiger partial charge in [0, 0.05) is 12.6 Å². The zero-order valence-electron chi connectivity index (χ0n) is 8.61. The molecule has 1 atom stereocenters. The van der Waals surface area contributed by atoms with Gasteiger partial charge in [-0.1, -0.05) is 0 Å². The number of hydrogen-bond acceptors (Lipinski definition) is 3. The average Bonchev–Trinajstić information content (AvgIpc) is 3.00. The molecule has 5 heteroatoms. The van der Waals surface area contributed by atoms with Gasteiger partial charge in [-0.25, -0.2) is 4.79 Å². The SMILES string of the molecule is NC1=NC(=O)N(C2CC2)C12CCCOC2. The Morgan fingerprint density at radius 3 is 2.93 bits per heavy atom. The van der Waals surface area contributed by atoms with Crippen LogP contribution in [0, 0.1) is 0 Å². The number of amides is 2. The van der Waals surface area contributed by atoms with Crippen molar-refractivity contribution >= 4 is 11.9 Å². The highest BCUT2D eigenvalue weighted by Crippen LogP contribution is 2.40. The summed E-state index contributed by atoms with van der Waals surface area (Å²) in [5, 5.41) is 0. The van der Waals surface area contributed by atoms with Gasteiger partial charge in [0.05, 0.1) is 6.61 Å². The minimum atomic E-state index is -0.406. The second-order valence-electron chi connectivity index (χ2n) is 4.57. The number of amidine groups is 1. The molecule has 0 aromatic heterocycles. The number of aliphatic imine (C=N–C) groups is 1. The first-order chi connectivity index (χ1) is 7.24. The predicted octanol–water partition coefficient (Wildman–Crippen LogP) is 0.491. The molecule has 0 bridgehead atoms. The molecule has 1 unspecified atom stereocenters. The van der Waals surface area contributed by atoms with Crippen molar-refractivity contribution in [3.8, 4) is 0 Å². The van der Waals surface area contributed by atoms with Gasteiger partial charge in [-0.3, -0.25) is 0 Å². The predicted molar refractivity (Wildman–Crippen MR) is 54.7 cm³/mol. The highest BCUT2D eigenvalue weighted by Gasteiger charge is 2.54. The minimum absolute atomic E-state index is 0.166. The van der Waals surface area contributed by atoms with Crippen molar-refractivity contribution in [2.45, 2.75) is 37.3 Å². The van der Waals surface area contributed by atoms with Gasteiger partial charge in [-0.05, 0) is 25.7 Å². The van der Waals surface area contributed by atoms with Crippen molar-refractivity contribution in [3.63, 3.8) is 0 Å². The summed E-state index contributed by atoms with van der Waals surface area (Å²) >= 11 is 0. The quantitative estimate of drug-likeness (QED) is 0.683. The summed E-state index contributed by atoms with van der Waals surface area (Å²) in [4.78, 5) is 17.5. The highest BCUT2D eigenvalue weighted by molar-refractivity contribution is 6.06. The van der Waals surface area contributed by atoms with E-state index in [-0.39, 0.29) is 6.03 Å². The number of carbonyl (C=O) groups excluding carboxylic acids is 1. The lowest BCUT2D eigenvalue weighted by Crippen LogP contribution is -2.59. The lowest BCUT2D eigenvalue weighted by atomic mass is 9.90. The van der Waals surface area contributed by atoms with Gasteiger partial charge in [0.2, 0.25) is 0 Å². The van der Waals surface area contributed by atoms with Crippen LogP contribution in [0.15, 0.2) is 4.99 Å². The Kier molecular flexibility index (Phi) is 1.80. The largest absolute Gasteiger partial charge is 0.385 e. The van der Waals surface area contributed by atoms with Crippen LogP contribution in [0.4, 0.5) is 4.79 Å². The first-order valence-corrected chi connectivity index (χ1v) is 5.50. The van der Waals surface area contributed by atoms with Gasteiger partial charge in [0.25, 0.3) is 0 Å². The summed E-state index contributed by atoms with van der Waals surface area (Å²) < 4.78 is 5.48. The van der Waals surface area contributed by atoms with Crippen LogP contribution in [0.5, 0.6) is 0 Å². The molecule has 0 aromatic rings. The van der Waals surface area contributed by atoms with Crippen LogP contribution in [-0.2, 0) is 4.74 Å². The van der Waals surface area contributed by atoms with Gasteiger partial charge in [-0.2, -0.15) is 4.99 Å². The van der Waals surface area contributed by atoms with Crippen LogP contribution >= 0.6 is 0 Å². The van der Waals surface area contributed by atoms with E-state index in [0.717, 1.165) is 32.3 Å². The zero-order valence-corrected chi connectivity index (χ0v) is 8.61. The van der Waals surface area contributed by atoms with E-state index >= 15 is 0 Å². The fourth-order valence-corrected chi connectivity index (χ4v) is 2.58. The molecule has 1 aliphatic carbocycles. The van der Waals surface area contributed by atoms with Crippen LogP contribution in [0.3, 0.4) is 0 Å². The molecule has 2 heterocycles. The van der Waals surface area contributed by atoms with Crippen molar-refractivity contribution in [1.29, 1.82) is 0 Å². The second kappa shape index (κ2) is 2.95. The van der Waals surface area contributed by atoms with Gasteiger partial charge in [0.1, 0.15) is 11.4 Å². The maximum Gasteiger partial charge on any atom is 0.346 e. The van der Waals surface area contributed by atoms with E-state index in [0.29, 0.717) is 18.5 Å². The molecular formula is C10H15N3O2. The third kappa shape index (κ3) is 1.19. The van der Waals surface area contributed by atoms with Gasteiger partial charge in [-0.15, -0.1) is 0 Å². The first kappa shape index (κ1) is 9.15. The van der Waals surface area contributed by atoms with Gasteiger partial charge < -0.3 is 15.4 Å². The van der Waals surface area contributed by atoms with Crippen LogP contribution in [0.1, 0.15) is 25.7 Å². The minimum Gasteiger partial charge on any atom is -0.385 e. The fraction of sp³-hybridized carbons (Fsp3) is 0.800. The summed E-state index contributed by atoms with van der Waals surface area (Å²) in [6.45, 7) is 1.28. The molecule has 2 amide bonds. The highest BCUT2D eigenvalue weighted by atomic mass is 16.5. The summed E-state index contributed by atoms with van der Waals surface area (Å²) in [6, 6.07) is 0.185. The fourth-order valence-electron chi connectivity index (χ4n) is 2.58. The lowest BCUT2D eigenvalue weighted by molar-refractivity contribution is 0.00720. The van der Waals surface area contributed by atoms with Gasteiger partial charge >= 0.3 is 6.03 Å². The Labute approximate surface area is 88.3 Å². The van der Waals surface area contributed by atoms with E-state index in [1.165, 1.54) is 0 Å². The average molecular weight is 209 g/mol. The maximum atomic E-state index is 11.7. The van der Waals surface area contributed by atoms with Crippen molar-refractivity contribution in [3.05, 3.63) is 0 Å². The van der Waals surface area contributed by atoms with E-state index < -0.39 is 5.54 Å². The van der Waals surface area contributed by atoms with Crippen LogP contribution in [0.2, 0.25) is 0 Å². The molecular weight excluding hydrogens is 194 g/mol. The third-order valence-electron chi connectivity index (χ3n) is 3.49. The zero-order chi connectivity index (χ0) is 10.5. The monoisotopic (exact) mass is 209 g/mol. The van der Waals surface area contributed by atoms with E-state index in [4.69, 9.17) is 10.5 Å². The Hall–Kier alpha value is -1.10. The Morgan fingerprint density at radius 1 is 1.53 bits per heavy atom. The molecule has 3 aliphatic rings. The Morgan fingerprint density at radius 2 is 2.33 bits per heavy atom. The maximum absolute atomic E-state index is 11.7. The number of carbonyl (C=O) groups is 1. The number of nitrogens with two attached hydrogens (primary N) is 1. The number of ether oxygens (including phenoxy) is 1. The summed E-state index contributed by atoms with van der Waals surface area (Å²) in [5.41, 5.74) is 5.49. The number of hydrogen-bond donors (Lipinski definition) is 1. The number of rotatable bonds is 1. The molecule has 2 fully saturated rings. The standard InChI is InChI=1S/C10H15N3O2/c11-8-10(4-1-5-15-6-10)13(7-2-3-7)9(14)12-8/h7H,1-6H2,(H2,11,12,14). The molecule has 5 nitrogen and oxygen atoms in total. The van der Waals surface area contributed by atoms with Gasteiger partial charge in [0.15, 0.2) is 0 Å². The molecule has 82 valence electrons. The van der Waals surface area contributed by atoms with E-state index in [1.807, 2.05) is 4.90 Å². The van der Waals surface area contributed by atoms with E-state index in [1.54, 1.807) is 0 Å². The van der Waals surface area contributed by atoms with Crippen molar-refractivity contribution in [2.75, 3.05) is 13.2 Å². The summed E-state index contributed by atoms with van der Waals surface area (Å²) in [6.07, 6.45) is 4.00. The third-order valence-corrected chi connectivity index (χ3v) is 3.49. The Bertz CT molecular complexity index is 330. The van der Waals surface area contributed by atoms with E-state index in [2.05, 4.69) is 4.99 Å². The smallest absolute Gasteiger partial charge is 0.346 e. The molecule has 2 N–H and O–H groups in total. The lowest BCUT2D eigenvalue weighted by Gasteiger charge is -2.40. The molecule has 0 aromatic carbocycles. The van der Waals surface area contributed by atoms with Crippen LogP contribution in [-0.4, -0.2) is 41.6 Å².